The summed E-state index contributed by atoms with van der Waals surface area (Å²) >= 11 is 6.08. The molecule has 0 bridgehead atoms. The lowest BCUT2D eigenvalue weighted by Gasteiger charge is -2.24. The van der Waals surface area contributed by atoms with Gasteiger partial charge in [0.2, 0.25) is 11.8 Å². The van der Waals surface area contributed by atoms with E-state index in [9.17, 15) is 14.4 Å². The number of nitrogens with one attached hydrogen (secondary N) is 2. The molecular formula is C22H22ClN3O5. The van der Waals surface area contributed by atoms with Gasteiger partial charge in [0.25, 0.3) is 5.91 Å². The summed E-state index contributed by atoms with van der Waals surface area (Å²) in [7, 11) is 2.92. The number of amides is 3. The van der Waals surface area contributed by atoms with Crippen molar-refractivity contribution in [2.24, 2.45) is 0 Å². The molecule has 162 valence electrons. The van der Waals surface area contributed by atoms with Crippen molar-refractivity contribution in [3.63, 3.8) is 0 Å². The Hall–Kier alpha value is -3.26. The van der Waals surface area contributed by atoms with Gasteiger partial charge in [-0.25, -0.2) is 0 Å². The van der Waals surface area contributed by atoms with E-state index in [0.717, 1.165) is 12.8 Å². The van der Waals surface area contributed by atoms with E-state index in [0.29, 0.717) is 33.3 Å². The van der Waals surface area contributed by atoms with E-state index in [-0.39, 0.29) is 24.4 Å². The van der Waals surface area contributed by atoms with Gasteiger partial charge in [-0.2, -0.15) is 0 Å². The van der Waals surface area contributed by atoms with Crippen molar-refractivity contribution in [3.8, 4) is 11.5 Å². The number of halogens is 1. The van der Waals surface area contributed by atoms with Gasteiger partial charge in [-0.05, 0) is 24.5 Å². The lowest BCUT2D eigenvalue weighted by molar-refractivity contribution is -0.127. The van der Waals surface area contributed by atoms with Crippen molar-refractivity contribution in [1.29, 1.82) is 0 Å². The molecule has 0 saturated heterocycles. The molecule has 1 fully saturated rings. The van der Waals surface area contributed by atoms with Crippen molar-refractivity contribution in [1.82, 2.24) is 10.2 Å². The fraction of sp³-hybridized carbons (Fsp3) is 0.318. The second-order valence-electron chi connectivity index (χ2n) is 7.39. The molecule has 9 heteroatoms. The van der Waals surface area contributed by atoms with Crippen molar-refractivity contribution < 1.29 is 23.9 Å². The Morgan fingerprint density at radius 1 is 1.13 bits per heavy atom. The minimum atomic E-state index is -0.728. The largest absolute Gasteiger partial charge is 0.495 e. The first-order valence-corrected chi connectivity index (χ1v) is 10.2. The van der Waals surface area contributed by atoms with Gasteiger partial charge in [0.1, 0.15) is 17.5 Å². The maximum atomic E-state index is 13.0. The fourth-order valence-corrected chi connectivity index (χ4v) is 3.98. The first-order valence-electron chi connectivity index (χ1n) is 9.85. The zero-order valence-electron chi connectivity index (χ0n) is 17.1. The number of nitrogens with zero attached hydrogens (tertiary/aromatic N) is 1. The number of carbonyl (C=O) groups is 3. The monoisotopic (exact) mass is 443 g/mol. The molecule has 1 aliphatic carbocycles. The number of hydrogen-bond donors (Lipinski definition) is 2. The van der Waals surface area contributed by atoms with Gasteiger partial charge in [-0.15, -0.1) is 0 Å². The van der Waals surface area contributed by atoms with E-state index in [4.69, 9.17) is 21.1 Å². The average molecular weight is 444 g/mol. The SMILES string of the molecule is COc1cc(NC(=O)CNC(=O)[C@H]2c3ccccc3C(=O)N2C2CC2)c(OC)cc1Cl. The molecule has 2 N–H and O–H groups in total. The van der Waals surface area contributed by atoms with Crippen LogP contribution >= 0.6 is 11.6 Å². The molecule has 1 atom stereocenters. The van der Waals surface area contributed by atoms with Crippen LogP contribution < -0.4 is 20.1 Å². The highest BCUT2D eigenvalue weighted by atomic mass is 35.5. The Morgan fingerprint density at radius 3 is 2.52 bits per heavy atom. The van der Waals surface area contributed by atoms with Crippen LogP contribution in [0.15, 0.2) is 36.4 Å². The summed E-state index contributed by atoms with van der Waals surface area (Å²) in [4.78, 5) is 39.9. The minimum absolute atomic E-state index is 0.0651. The lowest BCUT2D eigenvalue weighted by atomic mass is 10.0. The van der Waals surface area contributed by atoms with Crippen LogP contribution in [0.1, 0.15) is 34.8 Å². The molecular weight excluding hydrogens is 422 g/mol. The minimum Gasteiger partial charge on any atom is -0.495 e. The van der Waals surface area contributed by atoms with E-state index in [1.54, 1.807) is 35.2 Å². The molecule has 8 nitrogen and oxygen atoms in total. The predicted molar refractivity (Wildman–Crippen MR) is 115 cm³/mol. The maximum absolute atomic E-state index is 13.0. The Morgan fingerprint density at radius 2 is 1.84 bits per heavy atom. The van der Waals surface area contributed by atoms with Crippen LogP contribution in [0.4, 0.5) is 5.69 Å². The van der Waals surface area contributed by atoms with E-state index < -0.39 is 11.9 Å². The molecule has 0 unspecified atom stereocenters. The molecule has 31 heavy (non-hydrogen) atoms. The average Bonchev–Trinajstić information content (AvgIpc) is 3.57. The van der Waals surface area contributed by atoms with Crippen LogP contribution in [-0.4, -0.2) is 49.4 Å². The number of methoxy groups -OCH3 is 2. The third kappa shape index (κ3) is 4.03. The summed E-state index contributed by atoms with van der Waals surface area (Å²) in [5.74, 6) is -0.239. The first-order chi connectivity index (χ1) is 14.9. The van der Waals surface area contributed by atoms with Crippen LogP contribution in [-0.2, 0) is 9.59 Å². The second-order valence-corrected chi connectivity index (χ2v) is 7.79. The molecule has 2 aliphatic rings. The van der Waals surface area contributed by atoms with Gasteiger partial charge in [0.05, 0.1) is 31.5 Å². The predicted octanol–water partition coefficient (Wildman–Crippen LogP) is 2.77. The molecule has 2 aromatic rings. The topological polar surface area (TPSA) is 97.0 Å². The van der Waals surface area contributed by atoms with E-state index >= 15 is 0 Å². The summed E-state index contributed by atoms with van der Waals surface area (Å²) in [6.45, 7) is -0.266. The van der Waals surface area contributed by atoms with Gasteiger partial charge in [-0.3, -0.25) is 14.4 Å². The van der Waals surface area contributed by atoms with Gasteiger partial charge in [-0.1, -0.05) is 29.8 Å². The highest BCUT2D eigenvalue weighted by Gasteiger charge is 2.47. The summed E-state index contributed by atoms with van der Waals surface area (Å²) < 4.78 is 10.4. The Kier molecular flexibility index (Phi) is 5.73. The highest BCUT2D eigenvalue weighted by molar-refractivity contribution is 6.32. The molecule has 0 aromatic heterocycles. The van der Waals surface area contributed by atoms with Crippen LogP contribution in [0, 0.1) is 0 Å². The van der Waals surface area contributed by atoms with Crippen LogP contribution in [0.25, 0.3) is 0 Å². The molecule has 4 rings (SSSR count). The molecule has 0 radical (unpaired) electrons. The van der Waals surface area contributed by atoms with Gasteiger partial charge >= 0.3 is 0 Å². The number of anilines is 1. The maximum Gasteiger partial charge on any atom is 0.255 e. The van der Waals surface area contributed by atoms with E-state index in [1.165, 1.54) is 20.3 Å². The van der Waals surface area contributed by atoms with Gasteiger partial charge in [0.15, 0.2) is 0 Å². The summed E-state index contributed by atoms with van der Waals surface area (Å²) in [6.07, 6.45) is 1.75. The van der Waals surface area contributed by atoms with Gasteiger partial charge < -0.3 is 25.0 Å². The molecule has 1 aliphatic heterocycles. The van der Waals surface area contributed by atoms with Crippen molar-refractivity contribution in [2.75, 3.05) is 26.1 Å². The van der Waals surface area contributed by atoms with E-state index in [1.807, 2.05) is 0 Å². The normalized spacial score (nSPS) is 17.2. The third-order valence-corrected chi connectivity index (χ3v) is 5.65. The smallest absolute Gasteiger partial charge is 0.255 e. The van der Waals surface area contributed by atoms with Crippen LogP contribution in [0.2, 0.25) is 5.02 Å². The van der Waals surface area contributed by atoms with Crippen molar-refractivity contribution in [3.05, 3.63) is 52.5 Å². The standard InChI is InChI=1S/C22H22ClN3O5/c1-30-17-10-16(18(31-2)9-15(17)23)25-19(27)11-24-21(28)20-13-5-3-4-6-14(13)22(29)26(20)12-7-8-12/h3-6,9-10,12,20H,7-8,11H2,1-2H3,(H,24,28)(H,25,27)/t20-/m1/s1. The number of rotatable bonds is 7. The zero-order chi connectivity index (χ0) is 22.1. The third-order valence-electron chi connectivity index (χ3n) is 5.36. The zero-order valence-corrected chi connectivity index (χ0v) is 17.9. The van der Waals surface area contributed by atoms with E-state index in [2.05, 4.69) is 10.6 Å². The second kappa shape index (κ2) is 8.47. The molecule has 0 spiro atoms. The Bertz CT molecular complexity index is 1050. The van der Waals surface area contributed by atoms with Crippen molar-refractivity contribution >= 4 is 35.0 Å². The van der Waals surface area contributed by atoms with Crippen molar-refractivity contribution in [2.45, 2.75) is 24.9 Å². The number of carbonyl (C=O) groups excluding carboxylic acids is 3. The molecule has 1 saturated carbocycles. The summed E-state index contributed by atoms with van der Waals surface area (Å²) in [5, 5.41) is 5.68. The van der Waals surface area contributed by atoms with Crippen LogP contribution in [0.3, 0.4) is 0 Å². The molecule has 3 amide bonds. The number of fused-ring (bicyclic) bond motifs is 1. The summed E-state index contributed by atoms with van der Waals surface area (Å²) in [6, 6.07) is 9.51. The number of benzene rings is 2. The fourth-order valence-electron chi connectivity index (χ4n) is 3.75. The quantitative estimate of drug-likeness (QED) is 0.685. The Labute approximate surface area is 184 Å². The first kappa shape index (κ1) is 21.0. The Balaban J connectivity index is 1.45. The summed E-state index contributed by atoms with van der Waals surface area (Å²) in [5.41, 5.74) is 1.57. The van der Waals surface area contributed by atoms with Crippen LogP contribution in [0.5, 0.6) is 11.5 Å². The number of ether oxygens (including phenoxy) is 2. The lowest BCUT2D eigenvalue weighted by Crippen LogP contribution is -2.42. The van der Waals surface area contributed by atoms with Gasteiger partial charge in [0, 0.05) is 23.7 Å². The molecule has 1 heterocycles. The molecule has 2 aromatic carbocycles. The number of hydrogen-bond acceptors (Lipinski definition) is 5. The highest BCUT2D eigenvalue weighted by Crippen LogP contribution is 2.42.